The predicted molar refractivity (Wildman–Crippen MR) is 134 cm³/mol. The predicted octanol–water partition coefficient (Wildman–Crippen LogP) is 4.66. The van der Waals surface area contributed by atoms with Crippen molar-refractivity contribution >= 4 is 44.9 Å². The van der Waals surface area contributed by atoms with Crippen molar-refractivity contribution in [1.82, 2.24) is 14.9 Å². The molecule has 2 aromatic heterocycles. The third-order valence-corrected chi connectivity index (χ3v) is 7.21. The highest BCUT2D eigenvalue weighted by Gasteiger charge is 2.19. The molecule has 6 nitrogen and oxygen atoms in total. The number of aromatic nitrogens is 2. The lowest BCUT2D eigenvalue weighted by atomic mass is 10.1. The van der Waals surface area contributed by atoms with E-state index in [9.17, 15) is 9.18 Å². The van der Waals surface area contributed by atoms with Crippen molar-refractivity contribution in [1.29, 1.82) is 0 Å². The lowest BCUT2D eigenvalue weighted by Gasteiger charge is -2.37. The molecule has 0 unspecified atom stereocenters. The fourth-order valence-electron chi connectivity index (χ4n) is 3.84. The van der Waals surface area contributed by atoms with Crippen LogP contribution in [-0.2, 0) is 5.75 Å². The summed E-state index contributed by atoms with van der Waals surface area (Å²) in [5.41, 5.74) is 2.47. The molecule has 0 radical (unpaired) electrons. The minimum absolute atomic E-state index is 0.197. The third-order valence-electron chi connectivity index (χ3n) is 5.62. The van der Waals surface area contributed by atoms with Crippen molar-refractivity contribution in [2.75, 3.05) is 31.1 Å². The van der Waals surface area contributed by atoms with Gasteiger partial charge in [-0.2, -0.15) is 0 Å². The van der Waals surface area contributed by atoms with Crippen LogP contribution in [0.2, 0.25) is 0 Å². The second-order valence-corrected chi connectivity index (χ2v) is 9.36. The Morgan fingerprint density at radius 2 is 1.91 bits per heavy atom. The summed E-state index contributed by atoms with van der Waals surface area (Å²) in [6, 6.07) is 15.8. The average Bonchev–Trinajstić information content (AvgIpc) is 3.38. The average molecular weight is 481 g/mol. The van der Waals surface area contributed by atoms with Gasteiger partial charge in [0.2, 0.25) is 0 Å². The van der Waals surface area contributed by atoms with Crippen LogP contribution in [0.3, 0.4) is 0 Å². The first-order valence-corrected chi connectivity index (χ1v) is 12.0. The van der Waals surface area contributed by atoms with E-state index in [1.807, 2.05) is 30.3 Å². The van der Waals surface area contributed by atoms with Gasteiger partial charge in [0.25, 0.3) is 5.56 Å². The first-order valence-electron chi connectivity index (χ1n) is 10.6. The maximum Gasteiger partial charge on any atom is 0.259 e. The van der Waals surface area contributed by atoms with Crippen molar-refractivity contribution in [2.24, 2.45) is 0 Å². The summed E-state index contributed by atoms with van der Waals surface area (Å²) in [6.45, 7) is 3.31. The molecule has 1 fully saturated rings. The number of hydrogen-bond donors (Lipinski definition) is 1. The summed E-state index contributed by atoms with van der Waals surface area (Å²) in [5.74, 6) is 1.39. The number of nitrogens with one attached hydrogen (secondary N) is 1. The molecule has 1 aliphatic heterocycles. The number of anilines is 1. The quantitative estimate of drug-likeness (QED) is 0.426. The van der Waals surface area contributed by atoms with Gasteiger partial charge in [0.1, 0.15) is 10.1 Å². The lowest BCUT2D eigenvalue weighted by molar-refractivity contribution is 0.397. The second-order valence-electron chi connectivity index (χ2n) is 7.75. The summed E-state index contributed by atoms with van der Waals surface area (Å²) in [7, 11) is 0. The Balaban J connectivity index is 1.20. The molecule has 0 spiro atoms. The molecule has 1 aliphatic rings. The van der Waals surface area contributed by atoms with Gasteiger partial charge < -0.3 is 19.2 Å². The van der Waals surface area contributed by atoms with E-state index < -0.39 is 0 Å². The normalized spacial score (nSPS) is 14.1. The Kier molecular flexibility index (Phi) is 6.15. The van der Waals surface area contributed by atoms with E-state index in [0.717, 1.165) is 41.8 Å². The molecule has 0 saturated carbocycles. The summed E-state index contributed by atoms with van der Waals surface area (Å²) in [4.78, 5) is 24.3. The number of nitrogens with zero attached hydrogens (tertiary/aromatic N) is 3. The van der Waals surface area contributed by atoms with E-state index in [0.29, 0.717) is 28.2 Å². The van der Waals surface area contributed by atoms with Gasteiger partial charge >= 0.3 is 0 Å². The fraction of sp³-hybridized carbons (Fsp3) is 0.208. The molecule has 4 aromatic rings. The Bertz CT molecular complexity index is 1330. The number of H-pyrrole nitrogens is 1. The van der Waals surface area contributed by atoms with Crippen molar-refractivity contribution in [3.05, 3.63) is 82.6 Å². The number of aromatic amines is 1. The maximum absolute atomic E-state index is 13.2. The van der Waals surface area contributed by atoms with Crippen molar-refractivity contribution < 1.29 is 8.81 Å². The van der Waals surface area contributed by atoms with Crippen molar-refractivity contribution in [3.63, 3.8) is 0 Å². The largest absolute Gasteiger partial charge is 0.461 e. The highest BCUT2D eigenvalue weighted by atomic mass is 32.2. The number of hydrogen-bond acceptors (Lipinski definition) is 6. The summed E-state index contributed by atoms with van der Waals surface area (Å²) in [5, 5.41) is 0.544. The molecule has 0 aliphatic carbocycles. The highest BCUT2D eigenvalue weighted by molar-refractivity contribution is 8.22. The van der Waals surface area contributed by atoms with Crippen LogP contribution in [0.1, 0.15) is 5.56 Å². The minimum Gasteiger partial charge on any atom is -0.461 e. The fourth-order valence-corrected chi connectivity index (χ4v) is 5.04. The number of thiocarbonyl (C=S) groups is 1. The summed E-state index contributed by atoms with van der Waals surface area (Å²) < 4.78 is 19.3. The number of furan rings is 1. The molecule has 9 heteroatoms. The number of benzene rings is 2. The van der Waals surface area contributed by atoms with E-state index in [1.165, 1.54) is 12.1 Å². The molecule has 3 heterocycles. The molecule has 5 rings (SSSR count). The van der Waals surface area contributed by atoms with Crippen LogP contribution in [0.5, 0.6) is 0 Å². The van der Waals surface area contributed by atoms with Crippen molar-refractivity contribution in [2.45, 2.75) is 5.75 Å². The number of thioether (sulfide) groups is 1. The van der Waals surface area contributed by atoms with E-state index in [-0.39, 0.29) is 11.4 Å². The monoisotopic (exact) mass is 480 g/mol. The topological polar surface area (TPSA) is 65.4 Å². The SMILES string of the molecule is O=c1[nH]c(-c2ccco2)nc2ccc(CSC(=S)N3CCN(c4ccc(F)cc4)CC3)cc12. The second kappa shape index (κ2) is 9.36. The van der Waals surface area contributed by atoms with Gasteiger partial charge in [-0.15, -0.1) is 0 Å². The van der Waals surface area contributed by atoms with Gasteiger partial charge in [-0.25, -0.2) is 9.37 Å². The van der Waals surface area contributed by atoms with Gasteiger partial charge in [0.05, 0.1) is 17.2 Å². The van der Waals surface area contributed by atoms with Gasteiger partial charge in [-0.3, -0.25) is 4.79 Å². The van der Waals surface area contributed by atoms with Crippen LogP contribution in [-0.4, -0.2) is 45.4 Å². The molecule has 0 amide bonds. The van der Waals surface area contributed by atoms with Crippen LogP contribution in [0, 0.1) is 5.82 Å². The van der Waals surface area contributed by atoms with Gasteiger partial charge in [0.15, 0.2) is 11.6 Å². The zero-order chi connectivity index (χ0) is 22.8. The van der Waals surface area contributed by atoms with Crippen LogP contribution in [0.4, 0.5) is 10.1 Å². The smallest absolute Gasteiger partial charge is 0.259 e. The Morgan fingerprint density at radius 3 is 2.64 bits per heavy atom. The first-order chi connectivity index (χ1) is 16.1. The van der Waals surface area contributed by atoms with E-state index in [1.54, 1.807) is 30.2 Å². The van der Waals surface area contributed by atoms with Crippen LogP contribution in [0.15, 0.2) is 70.1 Å². The lowest BCUT2D eigenvalue weighted by Crippen LogP contribution is -2.47. The van der Waals surface area contributed by atoms with Crippen LogP contribution < -0.4 is 10.5 Å². The Hall–Kier alpha value is -3.17. The molecule has 1 N–H and O–H groups in total. The van der Waals surface area contributed by atoms with Gasteiger partial charge in [-0.05, 0) is 54.1 Å². The summed E-state index contributed by atoms with van der Waals surface area (Å²) in [6.07, 6.45) is 1.55. The Morgan fingerprint density at radius 1 is 1.12 bits per heavy atom. The van der Waals surface area contributed by atoms with Crippen LogP contribution >= 0.6 is 24.0 Å². The highest BCUT2D eigenvalue weighted by Crippen LogP contribution is 2.23. The van der Waals surface area contributed by atoms with E-state index >= 15 is 0 Å². The molecule has 2 aromatic carbocycles. The minimum atomic E-state index is -0.223. The molecule has 0 bridgehead atoms. The number of rotatable bonds is 4. The van der Waals surface area contributed by atoms with Crippen LogP contribution in [0.25, 0.3) is 22.5 Å². The molecule has 33 heavy (non-hydrogen) atoms. The van der Waals surface area contributed by atoms with E-state index in [4.69, 9.17) is 16.6 Å². The summed E-state index contributed by atoms with van der Waals surface area (Å²) >= 11 is 7.25. The van der Waals surface area contributed by atoms with Gasteiger partial charge in [0, 0.05) is 37.6 Å². The number of fused-ring (bicyclic) bond motifs is 1. The number of halogens is 1. The Labute approximate surface area is 199 Å². The molecular weight excluding hydrogens is 459 g/mol. The van der Waals surface area contributed by atoms with Crippen molar-refractivity contribution in [3.8, 4) is 11.6 Å². The van der Waals surface area contributed by atoms with E-state index in [2.05, 4.69) is 19.8 Å². The molecule has 168 valence electrons. The standard InChI is InChI=1S/C24H21FN4O2S2/c25-17-4-6-18(7-5-17)28-9-11-29(12-10-28)24(32)33-15-16-3-8-20-19(14-16)23(30)27-22(26-20)21-2-1-13-31-21/h1-8,13-14H,9-12,15H2,(H,26,27,30). The maximum atomic E-state index is 13.2. The first kappa shape index (κ1) is 21.7. The third kappa shape index (κ3) is 4.79. The molecular formula is C24H21FN4O2S2. The van der Waals surface area contributed by atoms with Gasteiger partial charge in [-0.1, -0.05) is 30.0 Å². The molecule has 1 saturated heterocycles. The zero-order valence-corrected chi connectivity index (χ0v) is 19.3. The number of piperazine rings is 1. The zero-order valence-electron chi connectivity index (χ0n) is 17.7. The molecule has 0 atom stereocenters.